The molecule has 0 amide bonds. The van der Waals surface area contributed by atoms with Gasteiger partial charge in [0, 0.05) is 24.8 Å². The highest BCUT2D eigenvalue weighted by Gasteiger charge is 2.26. The van der Waals surface area contributed by atoms with Gasteiger partial charge in [0.15, 0.2) is 0 Å². The van der Waals surface area contributed by atoms with E-state index >= 15 is 0 Å². The van der Waals surface area contributed by atoms with Crippen molar-refractivity contribution in [1.29, 1.82) is 0 Å². The van der Waals surface area contributed by atoms with Crippen LogP contribution >= 0.6 is 0 Å². The summed E-state index contributed by atoms with van der Waals surface area (Å²) in [4.78, 5) is 7.24. The predicted molar refractivity (Wildman–Crippen MR) is 110 cm³/mol. The van der Waals surface area contributed by atoms with Crippen molar-refractivity contribution in [2.24, 2.45) is 0 Å². The van der Waals surface area contributed by atoms with Gasteiger partial charge in [-0.25, -0.2) is 4.98 Å². The maximum atomic E-state index is 6.37. The molecule has 2 aromatic rings. The molecule has 4 heteroatoms. The summed E-state index contributed by atoms with van der Waals surface area (Å²) in [6.07, 6.45) is 2.29. The van der Waals surface area contributed by atoms with Crippen molar-refractivity contribution in [3.8, 4) is 11.6 Å². The molecule has 4 nitrogen and oxygen atoms in total. The Morgan fingerprint density at radius 2 is 1.73 bits per heavy atom. The molecule has 0 radical (unpaired) electrons. The first-order valence-electron chi connectivity index (χ1n) is 9.72. The topological polar surface area (TPSA) is 37.4 Å². The number of pyridine rings is 1. The zero-order chi connectivity index (χ0) is 18.8. The largest absolute Gasteiger partial charge is 0.436 e. The number of benzene rings is 1. The van der Waals surface area contributed by atoms with Gasteiger partial charge in [0.05, 0.1) is 5.69 Å². The Bertz CT molecular complexity index is 773. The van der Waals surface area contributed by atoms with E-state index in [0.29, 0.717) is 11.9 Å². The third kappa shape index (κ3) is 3.50. The number of nitrogens with one attached hydrogen (secondary N) is 1. The summed E-state index contributed by atoms with van der Waals surface area (Å²) in [7, 11) is 0. The average Bonchev–Trinajstić information content (AvgIpc) is 2.59. The molecular formula is C22H31N3O. The van der Waals surface area contributed by atoms with Gasteiger partial charge in [-0.1, -0.05) is 31.5 Å². The highest BCUT2D eigenvalue weighted by atomic mass is 16.5. The van der Waals surface area contributed by atoms with E-state index in [4.69, 9.17) is 9.72 Å². The van der Waals surface area contributed by atoms with Crippen LogP contribution in [0.4, 0.5) is 11.4 Å². The fourth-order valence-corrected chi connectivity index (χ4v) is 4.05. The summed E-state index contributed by atoms with van der Waals surface area (Å²) in [5, 5.41) is 3.53. The van der Waals surface area contributed by atoms with Crippen LogP contribution in [-0.4, -0.2) is 24.1 Å². The van der Waals surface area contributed by atoms with Gasteiger partial charge in [0.25, 0.3) is 0 Å². The normalized spacial score (nSPS) is 13.6. The quantitative estimate of drug-likeness (QED) is 0.767. The average molecular weight is 354 g/mol. The fraction of sp³-hybridized carbons (Fsp3) is 0.500. The molecule has 1 N–H and O–H groups in total. The Kier molecular flexibility index (Phi) is 5.40. The number of rotatable bonds is 5. The second-order valence-corrected chi connectivity index (χ2v) is 7.38. The molecule has 1 aromatic heterocycles. The highest BCUT2D eigenvalue weighted by Crippen LogP contribution is 2.41. The van der Waals surface area contributed by atoms with E-state index in [-0.39, 0.29) is 0 Å². The van der Waals surface area contributed by atoms with Crippen molar-refractivity contribution in [3.63, 3.8) is 0 Å². The molecule has 0 spiro atoms. The minimum absolute atomic E-state index is 0.549. The van der Waals surface area contributed by atoms with Crippen LogP contribution < -0.4 is 15.0 Å². The monoisotopic (exact) mass is 353 g/mol. The van der Waals surface area contributed by atoms with E-state index in [1.54, 1.807) is 0 Å². The molecular weight excluding hydrogens is 322 g/mol. The molecule has 1 aliphatic rings. The van der Waals surface area contributed by atoms with Crippen LogP contribution in [0.5, 0.6) is 11.6 Å². The van der Waals surface area contributed by atoms with E-state index in [2.05, 4.69) is 63.0 Å². The van der Waals surface area contributed by atoms with Crippen LogP contribution in [0.15, 0.2) is 18.2 Å². The van der Waals surface area contributed by atoms with Crippen LogP contribution in [0, 0.1) is 27.7 Å². The molecule has 26 heavy (non-hydrogen) atoms. The second kappa shape index (κ2) is 7.56. The first-order chi connectivity index (χ1) is 12.4. The SMILES string of the molecule is CCC(CC)N1CCNc2c1cc(C)nc2Oc1c(C)cc(C)cc1C. The van der Waals surface area contributed by atoms with Gasteiger partial charge in [0.1, 0.15) is 11.4 Å². The van der Waals surface area contributed by atoms with Gasteiger partial charge in [-0.2, -0.15) is 0 Å². The molecule has 0 aliphatic carbocycles. The maximum Gasteiger partial charge on any atom is 0.245 e. The number of fused-ring (bicyclic) bond motifs is 1. The van der Waals surface area contributed by atoms with Gasteiger partial charge in [-0.05, 0) is 57.7 Å². The number of ether oxygens (including phenoxy) is 1. The van der Waals surface area contributed by atoms with Gasteiger partial charge >= 0.3 is 0 Å². The van der Waals surface area contributed by atoms with Crippen LogP contribution in [0.3, 0.4) is 0 Å². The lowest BCUT2D eigenvalue weighted by Gasteiger charge is -2.38. The molecule has 1 aliphatic heterocycles. The van der Waals surface area contributed by atoms with Crippen molar-refractivity contribution in [1.82, 2.24) is 4.98 Å². The number of hydrogen-bond acceptors (Lipinski definition) is 4. The third-order valence-corrected chi connectivity index (χ3v) is 5.24. The zero-order valence-corrected chi connectivity index (χ0v) is 16.9. The van der Waals surface area contributed by atoms with E-state index in [9.17, 15) is 0 Å². The first-order valence-corrected chi connectivity index (χ1v) is 9.72. The Balaban J connectivity index is 2.05. The highest BCUT2D eigenvalue weighted by molar-refractivity contribution is 5.78. The standard InChI is InChI=1S/C22H31N3O/c1-7-18(8-2)25-10-9-23-20-19(25)13-17(6)24-22(20)26-21-15(4)11-14(3)12-16(21)5/h11-13,18,23H,7-10H2,1-6H3. The Labute approximate surface area is 157 Å². The molecule has 0 saturated heterocycles. The minimum atomic E-state index is 0.549. The number of nitrogens with zero attached hydrogens (tertiary/aromatic N) is 2. The lowest BCUT2D eigenvalue weighted by atomic mass is 10.1. The lowest BCUT2D eigenvalue weighted by Crippen LogP contribution is -2.41. The molecule has 1 aromatic carbocycles. The molecule has 0 fully saturated rings. The van der Waals surface area contributed by atoms with Gasteiger partial charge < -0.3 is 15.0 Å². The molecule has 0 bridgehead atoms. The maximum absolute atomic E-state index is 6.37. The van der Waals surface area contributed by atoms with Crippen LogP contribution in [0.2, 0.25) is 0 Å². The molecule has 3 rings (SSSR count). The lowest BCUT2D eigenvalue weighted by molar-refractivity contribution is 0.454. The molecule has 140 valence electrons. The van der Waals surface area contributed by atoms with Crippen LogP contribution in [0.25, 0.3) is 0 Å². The summed E-state index contributed by atoms with van der Waals surface area (Å²) < 4.78 is 6.37. The summed E-state index contributed by atoms with van der Waals surface area (Å²) in [6, 6.07) is 7.05. The van der Waals surface area contributed by atoms with Gasteiger partial charge in [-0.15, -0.1) is 0 Å². The van der Waals surface area contributed by atoms with E-state index in [0.717, 1.165) is 54.2 Å². The Hall–Kier alpha value is -2.23. The Morgan fingerprint density at radius 3 is 2.35 bits per heavy atom. The van der Waals surface area contributed by atoms with Crippen molar-refractivity contribution in [2.75, 3.05) is 23.3 Å². The summed E-state index contributed by atoms with van der Waals surface area (Å²) in [5.41, 5.74) is 6.77. The number of anilines is 2. The van der Waals surface area contributed by atoms with Crippen molar-refractivity contribution in [2.45, 2.75) is 60.4 Å². The summed E-state index contributed by atoms with van der Waals surface area (Å²) in [5.74, 6) is 1.60. The van der Waals surface area contributed by atoms with Crippen molar-refractivity contribution in [3.05, 3.63) is 40.6 Å². The third-order valence-electron chi connectivity index (χ3n) is 5.24. The smallest absolute Gasteiger partial charge is 0.245 e. The van der Waals surface area contributed by atoms with E-state index in [1.165, 1.54) is 11.3 Å². The first kappa shape index (κ1) is 18.6. The van der Waals surface area contributed by atoms with Crippen LogP contribution in [-0.2, 0) is 0 Å². The molecule has 2 heterocycles. The second-order valence-electron chi connectivity index (χ2n) is 7.38. The van der Waals surface area contributed by atoms with Crippen LogP contribution in [0.1, 0.15) is 49.1 Å². The van der Waals surface area contributed by atoms with Gasteiger partial charge in [0.2, 0.25) is 5.88 Å². The predicted octanol–water partition coefficient (Wildman–Crippen LogP) is 5.53. The zero-order valence-electron chi connectivity index (χ0n) is 16.9. The van der Waals surface area contributed by atoms with Crippen molar-refractivity contribution < 1.29 is 4.74 Å². The van der Waals surface area contributed by atoms with Crippen molar-refractivity contribution >= 4 is 11.4 Å². The molecule has 0 unspecified atom stereocenters. The minimum Gasteiger partial charge on any atom is -0.436 e. The molecule has 0 saturated carbocycles. The number of hydrogen-bond donors (Lipinski definition) is 1. The van der Waals surface area contributed by atoms with E-state index < -0.39 is 0 Å². The van der Waals surface area contributed by atoms with Gasteiger partial charge in [-0.3, -0.25) is 0 Å². The number of aromatic nitrogens is 1. The number of aryl methyl sites for hydroxylation is 4. The van der Waals surface area contributed by atoms with E-state index in [1.807, 2.05) is 6.92 Å². The molecule has 0 atom stereocenters. The summed E-state index contributed by atoms with van der Waals surface area (Å²) in [6.45, 7) is 14.8. The Morgan fingerprint density at radius 1 is 1.08 bits per heavy atom. The fourth-order valence-electron chi connectivity index (χ4n) is 4.05. The summed E-state index contributed by atoms with van der Waals surface area (Å²) >= 11 is 0.